The van der Waals surface area contributed by atoms with Gasteiger partial charge >= 0.3 is 16.1 Å². The first-order valence-electron chi connectivity index (χ1n) is 9.04. The fourth-order valence-corrected chi connectivity index (χ4v) is 3.65. The van der Waals surface area contributed by atoms with Gasteiger partial charge in [-0.1, -0.05) is 37.6 Å². The van der Waals surface area contributed by atoms with E-state index in [-0.39, 0.29) is 22.2 Å². The summed E-state index contributed by atoms with van der Waals surface area (Å²) in [6.45, 7) is 4.04. The molecule has 0 unspecified atom stereocenters. The lowest BCUT2D eigenvalue weighted by molar-refractivity contribution is -0.135. The summed E-state index contributed by atoms with van der Waals surface area (Å²) in [6, 6.07) is 11.0. The molecule has 0 spiro atoms. The molecule has 0 radical (unpaired) electrons. The number of aryl methyl sites for hydroxylation is 1. The molecule has 156 valence electrons. The molecule has 8 heteroatoms. The number of hydrogen-bond acceptors (Lipinski definition) is 6. The smallest absolute Gasteiger partial charge is 0.371 e. The highest BCUT2D eigenvalue weighted by molar-refractivity contribution is 7.87. The summed E-state index contributed by atoms with van der Waals surface area (Å²) < 4.78 is 41.3. The van der Waals surface area contributed by atoms with Crippen molar-refractivity contribution in [3.8, 4) is 11.5 Å². The molecule has 0 aliphatic rings. The molecule has 0 atom stereocenters. The van der Waals surface area contributed by atoms with Gasteiger partial charge in [0.15, 0.2) is 11.5 Å². The molecule has 0 aliphatic carbocycles. The van der Waals surface area contributed by atoms with Gasteiger partial charge in [-0.3, -0.25) is 0 Å². The Morgan fingerprint density at radius 1 is 1.14 bits per heavy atom. The van der Waals surface area contributed by atoms with Crippen LogP contribution in [-0.2, 0) is 19.6 Å². The fourth-order valence-electron chi connectivity index (χ4n) is 2.48. The van der Waals surface area contributed by atoms with E-state index in [4.69, 9.17) is 18.8 Å². The standard InChI is InChI=1S/C21H24O7S/c1-4-5-12-27-18-13-16(14-19(26-3)21(22)23)10-11-17(18)28-29(24,25)20-9-7-6-8-15(20)2/h6-11,13-14H,4-5,12H2,1-3H3,(H,22,23)/b19-14-. The van der Waals surface area contributed by atoms with Crippen LogP contribution in [0.1, 0.15) is 30.9 Å². The van der Waals surface area contributed by atoms with Crippen molar-refractivity contribution in [2.24, 2.45) is 0 Å². The van der Waals surface area contributed by atoms with Gasteiger partial charge in [-0.15, -0.1) is 0 Å². The topological polar surface area (TPSA) is 99.1 Å². The van der Waals surface area contributed by atoms with Gasteiger partial charge in [0.25, 0.3) is 0 Å². The van der Waals surface area contributed by atoms with E-state index in [1.165, 1.54) is 37.5 Å². The van der Waals surface area contributed by atoms with Crippen LogP contribution in [-0.4, -0.2) is 33.2 Å². The van der Waals surface area contributed by atoms with Crippen molar-refractivity contribution in [1.29, 1.82) is 0 Å². The number of carboxylic acid groups (broad SMARTS) is 1. The predicted molar refractivity (Wildman–Crippen MR) is 108 cm³/mol. The van der Waals surface area contributed by atoms with E-state index < -0.39 is 16.1 Å². The molecule has 1 N–H and O–H groups in total. The average molecular weight is 420 g/mol. The monoisotopic (exact) mass is 420 g/mol. The van der Waals surface area contributed by atoms with Crippen molar-refractivity contribution in [1.82, 2.24) is 0 Å². The van der Waals surface area contributed by atoms with Gasteiger partial charge < -0.3 is 18.8 Å². The third-order valence-electron chi connectivity index (χ3n) is 4.01. The van der Waals surface area contributed by atoms with Crippen LogP contribution in [0, 0.1) is 6.92 Å². The Bertz CT molecular complexity index is 994. The SMILES string of the molecule is CCCCOc1cc(/C=C(\OC)C(=O)O)ccc1OS(=O)(=O)c1ccccc1C. The van der Waals surface area contributed by atoms with Gasteiger partial charge in [-0.25, -0.2) is 4.79 Å². The zero-order valence-corrected chi connectivity index (χ0v) is 17.4. The minimum atomic E-state index is -4.07. The summed E-state index contributed by atoms with van der Waals surface area (Å²) in [6.07, 6.45) is 2.97. The zero-order valence-electron chi connectivity index (χ0n) is 16.5. The predicted octanol–water partition coefficient (Wildman–Crippen LogP) is 4.01. The van der Waals surface area contributed by atoms with Crippen LogP contribution in [0.25, 0.3) is 6.08 Å². The van der Waals surface area contributed by atoms with Crippen LogP contribution in [0.4, 0.5) is 0 Å². The molecule has 2 aromatic rings. The number of ether oxygens (including phenoxy) is 2. The molecule has 2 rings (SSSR count). The lowest BCUT2D eigenvalue weighted by atomic mass is 10.2. The average Bonchev–Trinajstić information content (AvgIpc) is 2.67. The van der Waals surface area contributed by atoms with Gasteiger partial charge in [-0.05, 0) is 48.7 Å². The number of carboxylic acids is 1. The Morgan fingerprint density at radius 2 is 1.86 bits per heavy atom. The number of aliphatic carboxylic acids is 1. The highest BCUT2D eigenvalue weighted by Gasteiger charge is 2.21. The Hall–Kier alpha value is -3.00. The van der Waals surface area contributed by atoms with Gasteiger partial charge in [0.1, 0.15) is 4.90 Å². The molecule has 0 fully saturated rings. The summed E-state index contributed by atoms with van der Waals surface area (Å²) in [5, 5.41) is 9.11. The van der Waals surface area contributed by atoms with E-state index >= 15 is 0 Å². The Balaban J connectivity index is 2.42. The molecule has 0 saturated heterocycles. The van der Waals surface area contributed by atoms with Crippen LogP contribution in [0.15, 0.2) is 53.1 Å². The van der Waals surface area contributed by atoms with Crippen molar-refractivity contribution in [3.05, 3.63) is 59.4 Å². The Labute approximate surface area is 170 Å². The summed E-state index contributed by atoms with van der Waals surface area (Å²) >= 11 is 0. The Morgan fingerprint density at radius 3 is 2.48 bits per heavy atom. The molecule has 0 amide bonds. The summed E-state index contributed by atoms with van der Waals surface area (Å²) in [4.78, 5) is 11.2. The first-order valence-corrected chi connectivity index (χ1v) is 10.4. The zero-order chi connectivity index (χ0) is 21.4. The van der Waals surface area contributed by atoms with E-state index in [0.717, 1.165) is 12.8 Å². The van der Waals surface area contributed by atoms with E-state index in [9.17, 15) is 13.2 Å². The second-order valence-electron chi connectivity index (χ2n) is 6.23. The third-order valence-corrected chi connectivity index (χ3v) is 5.41. The number of carbonyl (C=O) groups is 1. The molecule has 0 saturated carbocycles. The molecule has 0 aliphatic heterocycles. The molecule has 29 heavy (non-hydrogen) atoms. The lowest BCUT2D eigenvalue weighted by Gasteiger charge is -2.14. The molecule has 0 heterocycles. The van der Waals surface area contributed by atoms with Crippen LogP contribution >= 0.6 is 0 Å². The fraction of sp³-hybridized carbons (Fsp3) is 0.286. The Kier molecular flexibility index (Phi) is 7.67. The van der Waals surface area contributed by atoms with Crippen LogP contribution in [0.5, 0.6) is 11.5 Å². The molecular formula is C21H24O7S. The molecule has 0 aromatic heterocycles. The first kappa shape index (κ1) is 22.3. The van der Waals surface area contributed by atoms with Gasteiger partial charge in [-0.2, -0.15) is 8.42 Å². The second-order valence-corrected chi connectivity index (χ2v) is 7.74. The van der Waals surface area contributed by atoms with Gasteiger partial charge in [0.2, 0.25) is 5.76 Å². The highest BCUT2D eigenvalue weighted by atomic mass is 32.2. The summed E-state index contributed by atoms with van der Waals surface area (Å²) in [5.74, 6) is -1.25. The molecular weight excluding hydrogens is 396 g/mol. The van der Waals surface area contributed by atoms with Crippen molar-refractivity contribution < 1.29 is 32.0 Å². The van der Waals surface area contributed by atoms with Crippen molar-refractivity contribution in [2.75, 3.05) is 13.7 Å². The van der Waals surface area contributed by atoms with E-state index in [0.29, 0.717) is 17.7 Å². The maximum absolute atomic E-state index is 12.7. The number of benzene rings is 2. The molecule has 7 nitrogen and oxygen atoms in total. The quantitative estimate of drug-likeness (QED) is 0.268. The maximum Gasteiger partial charge on any atom is 0.371 e. The van der Waals surface area contributed by atoms with Crippen LogP contribution < -0.4 is 8.92 Å². The normalized spacial score (nSPS) is 11.8. The maximum atomic E-state index is 12.7. The van der Waals surface area contributed by atoms with E-state index in [1.54, 1.807) is 25.1 Å². The lowest BCUT2D eigenvalue weighted by Crippen LogP contribution is -2.12. The van der Waals surface area contributed by atoms with E-state index in [1.807, 2.05) is 6.92 Å². The summed E-state index contributed by atoms with van der Waals surface area (Å²) in [5.41, 5.74) is 1.03. The second kappa shape index (κ2) is 9.97. The number of rotatable bonds is 10. The highest BCUT2D eigenvalue weighted by Crippen LogP contribution is 2.32. The van der Waals surface area contributed by atoms with Crippen molar-refractivity contribution in [3.63, 3.8) is 0 Å². The molecule has 0 bridgehead atoms. The van der Waals surface area contributed by atoms with Crippen molar-refractivity contribution >= 4 is 22.2 Å². The van der Waals surface area contributed by atoms with E-state index in [2.05, 4.69) is 0 Å². The molecule has 2 aromatic carbocycles. The minimum absolute atomic E-state index is 0.0239. The van der Waals surface area contributed by atoms with Gasteiger partial charge in [0.05, 0.1) is 13.7 Å². The van der Waals surface area contributed by atoms with Crippen molar-refractivity contribution in [2.45, 2.75) is 31.6 Å². The van der Waals surface area contributed by atoms with Crippen LogP contribution in [0.2, 0.25) is 0 Å². The third kappa shape index (κ3) is 5.99. The van der Waals surface area contributed by atoms with Crippen LogP contribution in [0.3, 0.4) is 0 Å². The number of methoxy groups -OCH3 is 1. The largest absolute Gasteiger partial charge is 0.490 e. The number of unbranched alkanes of at least 4 members (excludes halogenated alkanes) is 1. The summed E-state index contributed by atoms with van der Waals surface area (Å²) in [7, 11) is -2.81. The first-order chi connectivity index (χ1) is 13.8. The number of hydrogen-bond donors (Lipinski definition) is 1. The minimum Gasteiger partial charge on any atom is -0.490 e. The van der Waals surface area contributed by atoms with Gasteiger partial charge in [0, 0.05) is 0 Å².